The molecular formula is C27H25FN4O. The Balaban J connectivity index is 1.37. The van der Waals surface area contributed by atoms with Gasteiger partial charge in [-0.15, -0.1) is 10.2 Å². The fourth-order valence-corrected chi connectivity index (χ4v) is 4.53. The van der Waals surface area contributed by atoms with E-state index < -0.39 is 0 Å². The van der Waals surface area contributed by atoms with E-state index in [4.69, 9.17) is 0 Å². The Morgan fingerprint density at radius 3 is 2.33 bits per heavy atom. The molecule has 1 amide bonds. The van der Waals surface area contributed by atoms with Crippen LogP contribution in [0.2, 0.25) is 0 Å². The Kier molecular flexibility index (Phi) is 5.73. The summed E-state index contributed by atoms with van der Waals surface area (Å²) in [6.45, 7) is 4.03. The number of hydrogen-bond acceptors (Lipinski definition) is 4. The Morgan fingerprint density at radius 2 is 1.61 bits per heavy atom. The fraction of sp³-hybridized carbons (Fsp3) is 0.222. The Morgan fingerprint density at radius 1 is 0.909 bits per heavy atom. The maximum Gasteiger partial charge on any atom is 0.227 e. The van der Waals surface area contributed by atoms with Crippen molar-refractivity contribution in [2.45, 2.75) is 19.4 Å². The van der Waals surface area contributed by atoms with Gasteiger partial charge in [-0.25, -0.2) is 4.39 Å². The van der Waals surface area contributed by atoms with Crippen molar-refractivity contribution < 1.29 is 9.18 Å². The van der Waals surface area contributed by atoms with Crippen LogP contribution >= 0.6 is 0 Å². The zero-order chi connectivity index (χ0) is 22.8. The summed E-state index contributed by atoms with van der Waals surface area (Å²) in [5.41, 5.74) is 2.73. The highest BCUT2D eigenvalue weighted by Crippen LogP contribution is 2.32. The van der Waals surface area contributed by atoms with Gasteiger partial charge in [0.25, 0.3) is 0 Å². The van der Waals surface area contributed by atoms with Crippen molar-refractivity contribution in [2.75, 3.05) is 24.5 Å². The van der Waals surface area contributed by atoms with Crippen LogP contribution in [0.15, 0.2) is 78.9 Å². The number of anilines is 1. The number of carbonyl (C=O) groups excluding carboxylic acids is 1. The number of aromatic nitrogens is 2. The number of carbonyl (C=O) groups is 1. The summed E-state index contributed by atoms with van der Waals surface area (Å²) in [6.07, 6.45) is 0.277. The van der Waals surface area contributed by atoms with Gasteiger partial charge in [0.05, 0.1) is 6.42 Å². The lowest BCUT2D eigenvalue weighted by Gasteiger charge is -2.40. The monoisotopic (exact) mass is 440 g/mol. The third-order valence-corrected chi connectivity index (χ3v) is 6.23. The van der Waals surface area contributed by atoms with Gasteiger partial charge in [0.15, 0.2) is 5.82 Å². The second-order valence-corrected chi connectivity index (χ2v) is 8.47. The molecule has 1 saturated heterocycles. The molecule has 0 radical (unpaired) electrons. The first-order valence-electron chi connectivity index (χ1n) is 11.2. The number of amides is 1. The van der Waals surface area contributed by atoms with Crippen molar-refractivity contribution in [3.8, 4) is 11.3 Å². The van der Waals surface area contributed by atoms with E-state index in [0.29, 0.717) is 19.6 Å². The molecule has 33 heavy (non-hydrogen) atoms. The number of halogens is 1. The number of piperazine rings is 1. The van der Waals surface area contributed by atoms with Crippen LogP contribution in [-0.4, -0.2) is 46.7 Å². The summed E-state index contributed by atoms with van der Waals surface area (Å²) in [7, 11) is 0. The molecule has 1 aliphatic heterocycles. The van der Waals surface area contributed by atoms with Crippen LogP contribution in [-0.2, 0) is 11.2 Å². The number of nitrogens with zero attached hydrogens (tertiary/aromatic N) is 4. The lowest BCUT2D eigenvalue weighted by atomic mass is 10.0. The fourth-order valence-electron chi connectivity index (χ4n) is 4.53. The van der Waals surface area contributed by atoms with E-state index in [2.05, 4.69) is 34.2 Å². The van der Waals surface area contributed by atoms with Gasteiger partial charge in [-0.05, 0) is 24.6 Å². The molecule has 4 aromatic rings. The highest BCUT2D eigenvalue weighted by atomic mass is 19.1. The summed E-state index contributed by atoms with van der Waals surface area (Å²) in [6, 6.07) is 24.5. The molecular weight excluding hydrogens is 415 g/mol. The number of benzene rings is 3. The zero-order valence-electron chi connectivity index (χ0n) is 18.5. The van der Waals surface area contributed by atoms with Gasteiger partial charge in [0.1, 0.15) is 11.5 Å². The average molecular weight is 441 g/mol. The van der Waals surface area contributed by atoms with Crippen LogP contribution in [0.4, 0.5) is 10.2 Å². The van der Waals surface area contributed by atoms with Crippen molar-refractivity contribution in [1.29, 1.82) is 0 Å². The average Bonchev–Trinajstić information content (AvgIpc) is 2.85. The molecule has 1 aliphatic rings. The molecule has 1 aromatic heterocycles. The van der Waals surface area contributed by atoms with Crippen molar-refractivity contribution in [2.24, 2.45) is 0 Å². The van der Waals surface area contributed by atoms with Crippen LogP contribution in [0.25, 0.3) is 22.0 Å². The van der Waals surface area contributed by atoms with E-state index in [-0.39, 0.29) is 24.2 Å². The van der Waals surface area contributed by atoms with Crippen LogP contribution in [0.1, 0.15) is 12.5 Å². The topological polar surface area (TPSA) is 49.3 Å². The van der Waals surface area contributed by atoms with Crippen molar-refractivity contribution >= 4 is 22.5 Å². The molecule has 1 fully saturated rings. The summed E-state index contributed by atoms with van der Waals surface area (Å²) in [5, 5.41) is 11.3. The van der Waals surface area contributed by atoms with E-state index >= 15 is 0 Å². The van der Waals surface area contributed by atoms with E-state index in [1.165, 1.54) is 12.1 Å². The molecule has 0 N–H and O–H groups in total. The van der Waals surface area contributed by atoms with E-state index in [1.807, 2.05) is 47.4 Å². The van der Waals surface area contributed by atoms with Gasteiger partial charge in [0.2, 0.25) is 5.91 Å². The molecule has 0 aliphatic carbocycles. The Labute approximate surface area is 192 Å². The molecule has 0 spiro atoms. The van der Waals surface area contributed by atoms with Crippen molar-refractivity contribution in [3.63, 3.8) is 0 Å². The van der Waals surface area contributed by atoms with Crippen molar-refractivity contribution in [1.82, 2.24) is 15.1 Å². The highest BCUT2D eigenvalue weighted by Gasteiger charge is 2.29. The summed E-state index contributed by atoms with van der Waals surface area (Å²) >= 11 is 0. The van der Waals surface area contributed by atoms with Gasteiger partial charge in [-0.1, -0.05) is 66.7 Å². The van der Waals surface area contributed by atoms with Crippen LogP contribution in [0, 0.1) is 5.82 Å². The van der Waals surface area contributed by atoms with Gasteiger partial charge in [0, 0.05) is 42.0 Å². The summed E-state index contributed by atoms with van der Waals surface area (Å²) in [5.74, 6) is 0.617. The SMILES string of the molecule is C[C@H]1CN(c2nnc(-c3ccccc3)c3ccccc23)CCN1C(=O)Cc1ccc(F)cc1. The third-order valence-electron chi connectivity index (χ3n) is 6.23. The first-order chi connectivity index (χ1) is 16.1. The maximum atomic E-state index is 13.2. The minimum absolute atomic E-state index is 0.0288. The molecule has 5 nitrogen and oxygen atoms in total. The van der Waals surface area contributed by atoms with Crippen LogP contribution in [0.3, 0.4) is 0 Å². The lowest BCUT2D eigenvalue weighted by Crippen LogP contribution is -2.54. The zero-order valence-corrected chi connectivity index (χ0v) is 18.5. The first kappa shape index (κ1) is 21.1. The second kappa shape index (κ2) is 8.98. The van der Waals surface area contributed by atoms with Gasteiger partial charge in [-0.2, -0.15) is 0 Å². The molecule has 6 heteroatoms. The smallest absolute Gasteiger partial charge is 0.227 e. The molecule has 3 aromatic carbocycles. The van der Waals surface area contributed by atoms with Crippen molar-refractivity contribution in [3.05, 3.63) is 90.2 Å². The van der Waals surface area contributed by atoms with Gasteiger partial charge < -0.3 is 9.80 Å². The normalized spacial score (nSPS) is 16.2. The summed E-state index contributed by atoms with van der Waals surface area (Å²) < 4.78 is 13.2. The first-order valence-corrected chi connectivity index (χ1v) is 11.2. The highest BCUT2D eigenvalue weighted by molar-refractivity contribution is 6.00. The third kappa shape index (κ3) is 4.29. The van der Waals surface area contributed by atoms with E-state index in [0.717, 1.165) is 33.4 Å². The van der Waals surface area contributed by atoms with Crippen LogP contribution < -0.4 is 4.90 Å². The predicted molar refractivity (Wildman–Crippen MR) is 128 cm³/mol. The largest absolute Gasteiger partial charge is 0.351 e. The van der Waals surface area contributed by atoms with E-state index in [1.54, 1.807) is 12.1 Å². The van der Waals surface area contributed by atoms with Crippen LogP contribution in [0.5, 0.6) is 0 Å². The molecule has 5 rings (SSSR count). The molecule has 0 unspecified atom stereocenters. The standard InChI is InChI=1S/C27H25FN4O/c1-19-18-31(15-16-32(19)25(33)17-20-11-13-22(28)14-12-20)27-24-10-6-5-9-23(24)26(29-30-27)21-7-3-2-4-8-21/h2-14,19H,15-18H2,1H3/t19-/m0/s1. The number of rotatable bonds is 4. The van der Waals surface area contributed by atoms with Gasteiger partial charge in [-0.3, -0.25) is 4.79 Å². The quantitative estimate of drug-likeness (QED) is 0.461. The predicted octanol–water partition coefficient (Wildman–Crippen LogP) is 4.72. The van der Waals surface area contributed by atoms with Gasteiger partial charge >= 0.3 is 0 Å². The molecule has 0 saturated carbocycles. The van der Waals surface area contributed by atoms with E-state index in [9.17, 15) is 9.18 Å². The minimum atomic E-state index is -0.292. The second-order valence-electron chi connectivity index (χ2n) is 8.47. The molecule has 2 heterocycles. The summed E-state index contributed by atoms with van der Waals surface area (Å²) in [4.78, 5) is 17.0. The molecule has 0 bridgehead atoms. The Bertz CT molecular complexity index is 1280. The maximum absolute atomic E-state index is 13.2. The molecule has 166 valence electrons. The number of hydrogen-bond donors (Lipinski definition) is 0. The Hall–Kier alpha value is -3.80. The lowest BCUT2D eigenvalue weighted by molar-refractivity contribution is -0.132. The number of fused-ring (bicyclic) bond motifs is 1. The molecule has 1 atom stereocenters. The minimum Gasteiger partial charge on any atom is -0.351 e.